The summed E-state index contributed by atoms with van der Waals surface area (Å²) in [5.41, 5.74) is 1.41. The minimum Gasteiger partial charge on any atom is -0.483 e. The van der Waals surface area contributed by atoms with Crippen LogP contribution in [0.2, 0.25) is 0 Å². The van der Waals surface area contributed by atoms with Gasteiger partial charge in [-0.3, -0.25) is 9.59 Å². The molecule has 0 bridgehead atoms. The van der Waals surface area contributed by atoms with Crippen molar-refractivity contribution in [1.29, 1.82) is 0 Å². The van der Waals surface area contributed by atoms with Crippen LogP contribution in [-0.4, -0.2) is 34.9 Å². The van der Waals surface area contributed by atoms with Gasteiger partial charge in [-0.2, -0.15) is 0 Å². The second-order valence-electron chi connectivity index (χ2n) is 10.5. The fraction of sp³-hybridized carbons (Fsp3) is 0.481. The standard InChI is InChI=1S/C27H36BrFN2O3/c1-8-22(25(33)30-27(5,6)7)31(16-18-9-12-20(29)13-10-18)24(32)17-34-23-14-11-19(15-21(23)28)26(2,3)4/h9-15,22H,8,16-17H2,1-7H3,(H,30,33)/t22-/m1/s1. The Bertz CT molecular complexity index is 994. The van der Waals surface area contributed by atoms with Gasteiger partial charge in [0.15, 0.2) is 6.61 Å². The van der Waals surface area contributed by atoms with E-state index in [4.69, 9.17) is 4.74 Å². The quantitative estimate of drug-likeness (QED) is 0.452. The zero-order valence-electron chi connectivity index (χ0n) is 21.2. The van der Waals surface area contributed by atoms with Gasteiger partial charge in [0.2, 0.25) is 5.91 Å². The van der Waals surface area contributed by atoms with Gasteiger partial charge in [0.05, 0.1) is 4.47 Å². The SMILES string of the molecule is CC[C@H](C(=O)NC(C)(C)C)N(Cc1ccc(F)cc1)C(=O)COc1ccc(C(C)(C)C)cc1Br. The molecule has 34 heavy (non-hydrogen) atoms. The number of carbonyl (C=O) groups excluding carboxylic acids is 2. The molecule has 5 nitrogen and oxygen atoms in total. The lowest BCUT2D eigenvalue weighted by molar-refractivity contribution is -0.143. The van der Waals surface area contributed by atoms with Gasteiger partial charge in [0, 0.05) is 12.1 Å². The summed E-state index contributed by atoms with van der Waals surface area (Å²) in [6.45, 7) is 13.9. The van der Waals surface area contributed by atoms with Gasteiger partial charge in [0.1, 0.15) is 17.6 Å². The van der Waals surface area contributed by atoms with Gasteiger partial charge >= 0.3 is 0 Å². The number of ether oxygens (including phenoxy) is 1. The van der Waals surface area contributed by atoms with E-state index in [1.165, 1.54) is 17.0 Å². The summed E-state index contributed by atoms with van der Waals surface area (Å²) in [4.78, 5) is 27.9. The van der Waals surface area contributed by atoms with Crippen LogP contribution >= 0.6 is 15.9 Å². The van der Waals surface area contributed by atoms with Crippen LogP contribution in [0.15, 0.2) is 46.9 Å². The number of hydrogen-bond acceptors (Lipinski definition) is 3. The Morgan fingerprint density at radius 2 is 1.68 bits per heavy atom. The van der Waals surface area contributed by atoms with Crippen LogP contribution in [0.3, 0.4) is 0 Å². The fourth-order valence-electron chi connectivity index (χ4n) is 3.47. The lowest BCUT2D eigenvalue weighted by Crippen LogP contribution is -2.54. The third kappa shape index (κ3) is 8.12. The molecule has 2 aromatic rings. The molecular formula is C27H36BrFN2O3. The molecule has 1 N–H and O–H groups in total. The van der Waals surface area contributed by atoms with E-state index < -0.39 is 11.6 Å². The predicted molar refractivity (Wildman–Crippen MR) is 137 cm³/mol. The summed E-state index contributed by atoms with van der Waals surface area (Å²) < 4.78 is 20.0. The van der Waals surface area contributed by atoms with Crippen LogP contribution < -0.4 is 10.1 Å². The fourth-order valence-corrected chi connectivity index (χ4v) is 3.96. The molecule has 0 radical (unpaired) electrons. The first kappa shape index (κ1) is 27.8. The van der Waals surface area contributed by atoms with Crippen molar-refractivity contribution in [2.45, 2.75) is 78.4 Å². The second-order valence-corrected chi connectivity index (χ2v) is 11.3. The van der Waals surface area contributed by atoms with Gasteiger partial charge in [-0.05, 0) is 83.9 Å². The largest absolute Gasteiger partial charge is 0.483 e. The highest BCUT2D eigenvalue weighted by Crippen LogP contribution is 2.31. The van der Waals surface area contributed by atoms with Gasteiger partial charge < -0.3 is 15.0 Å². The first-order valence-corrected chi connectivity index (χ1v) is 12.3. The maximum atomic E-state index is 13.4. The lowest BCUT2D eigenvalue weighted by atomic mass is 9.87. The normalized spacial score (nSPS) is 12.7. The topological polar surface area (TPSA) is 58.6 Å². The van der Waals surface area contributed by atoms with Crippen molar-refractivity contribution in [3.05, 3.63) is 63.9 Å². The number of rotatable bonds is 8. The summed E-state index contributed by atoms with van der Waals surface area (Å²) in [6, 6.07) is 11.0. The highest BCUT2D eigenvalue weighted by Gasteiger charge is 2.31. The summed E-state index contributed by atoms with van der Waals surface area (Å²) in [5, 5.41) is 2.96. The molecular weight excluding hydrogens is 499 g/mol. The van der Waals surface area contributed by atoms with Crippen LogP contribution in [0.5, 0.6) is 5.75 Å². The molecule has 0 aliphatic rings. The summed E-state index contributed by atoms with van der Waals surface area (Å²) in [5.74, 6) is -0.366. The Kier molecular flexibility index (Phi) is 9.29. The Morgan fingerprint density at radius 3 is 2.18 bits per heavy atom. The number of amides is 2. The highest BCUT2D eigenvalue weighted by molar-refractivity contribution is 9.10. The Hall–Kier alpha value is -2.41. The highest BCUT2D eigenvalue weighted by atomic mass is 79.9. The van der Waals surface area contributed by atoms with E-state index in [0.29, 0.717) is 12.2 Å². The molecule has 1 atom stereocenters. The van der Waals surface area contributed by atoms with Crippen LogP contribution in [0.4, 0.5) is 4.39 Å². The molecule has 2 rings (SSSR count). The first-order valence-electron chi connectivity index (χ1n) is 11.5. The molecule has 0 spiro atoms. The van der Waals surface area contributed by atoms with E-state index in [9.17, 15) is 14.0 Å². The van der Waals surface area contributed by atoms with Gasteiger partial charge in [-0.15, -0.1) is 0 Å². The zero-order valence-corrected chi connectivity index (χ0v) is 22.8. The van der Waals surface area contributed by atoms with Gasteiger partial charge in [-0.25, -0.2) is 4.39 Å². The van der Waals surface area contributed by atoms with Crippen LogP contribution in [0.25, 0.3) is 0 Å². The summed E-state index contributed by atoms with van der Waals surface area (Å²) in [7, 11) is 0. The number of nitrogens with zero attached hydrogens (tertiary/aromatic N) is 1. The lowest BCUT2D eigenvalue weighted by Gasteiger charge is -2.33. The van der Waals surface area contributed by atoms with E-state index >= 15 is 0 Å². The average Bonchev–Trinajstić information content (AvgIpc) is 2.72. The molecule has 0 heterocycles. The number of hydrogen-bond donors (Lipinski definition) is 1. The van der Waals surface area contributed by atoms with E-state index in [1.807, 2.05) is 45.9 Å². The van der Waals surface area contributed by atoms with Gasteiger partial charge in [0.25, 0.3) is 5.91 Å². The number of halogens is 2. The molecule has 0 aliphatic carbocycles. The van der Waals surface area contributed by atoms with E-state index in [2.05, 4.69) is 42.0 Å². The smallest absolute Gasteiger partial charge is 0.261 e. The Balaban J connectivity index is 2.25. The molecule has 2 amide bonds. The van der Waals surface area contributed by atoms with Crippen LogP contribution in [0, 0.1) is 5.82 Å². The molecule has 2 aromatic carbocycles. The first-order chi connectivity index (χ1) is 15.7. The van der Waals surface area contributed by atoms with Crippen molar-refractivity contribution < 1.29 is 18.7 Å². The van der Waals surface area contributed by atoms with Crippen molar-refractivity contribution in [1.82, 2.24) is 10.2 Å². The summed E-state index contributed by atoms with van der Waals surface area (Å²) in [6.07, 6.45) is 0.429. The monoisotopic (exact) mass is 534 g/mol. The van der Waals surface area contributed by atoms with Crippen LogP contribution in [0.1, 0.15) is 66.0 Å². The van der Waals surface area contributed by atoms with E-state index in [-0.39, 0.29) is 36.2 Å². The van der Waals surface area contributed by atoms with E-state index in [1.54, 1.807) is 12.1 Å². The molecule has 0 saturated carbocycles. The molecule has 0 saturated heterocycles. The minimum atomic E-state index is -0.688. The van der Waals surface area contributed by atoms with Gasteiger partial charge in [-0.1, -0.05) is 45.9 Å². The number of carbonyl (C=O) groups is 2. The Morgan fingerprint density at radius 1 is 1.06 bits per heavy atom. The zero-order chi connectivity index (χ0) is 25.7. The van der Waals surface area contributed by atoms with Crippen molar-refractivity contribution >= 4 is 27.7 Å². The molecule has 7 heteroatoms. The summed E-state index contributed by atoms with van der Waals surface area (Å²) >= 11 is 3.54. The molecule has 0 aliphatic heterocycles. The minimum absolute atomic E-state index is 0.0163. The molecule has 186 valence electrons. The van der Waals surface area contributed by atoms with Crippen LogP contribution in [-0.2, 0) is 21.5 Å². The van der Waals surface area contributed by atoms with Crippen molar-refractivity contribution in [2.24, 2.45) is 0 Å². The van der Waals surface area contributed by atoms with Crippen molar-refractivity contribution in [3.63, 3.8) is 0 Å². The second kappa shape index (κ2) is 11.3. The molecule has 0 fully saturated rings. The van der Waals surface area contributed by atoms with Crippen molar-refractivity contribution in [3.8, 4) is 5.75 Å². The third-order valence-corrected chi connectivity index (χ3v) is 5.92. The average molecular weight is 535 g/mol. The Labute approximate surface area is 211 Å². The number of benzene rings is 2. The van der Waals surface area contributed by atoms with Crippen molar-refractivity contribution in [2.75, 3.05) is 6.61 Å². The maximum absolute atomic E-state index is 13.4. The molecule has 0 unspecified atom stereocenters. The molecule has 0 aromatic heterocycles. The number of nitrogens with one attached hydrogen (secondary N) is 1. The predicted octanol–water partition coefficient (Wildman–Crippen LogP) is 5.99. The third-order valence-electron chi connectivity index (χ3n) is 5.30. The van der Waals surface area contributed by atoms with E-state index in [0.717, 1.165) is 15.6 Å². The maximum Gasteiger partial charge on any atom is 0.261 e.